The van der Waals surface area contributed by atoms with Gasteiger partial charge < -0.3 is 24.3 Å². The highest BCUT2D eigenvalue weighted by molar-refractivity contribution is 5.72. The molecule has 40 heavy (non-hydrogen) atoms. The zero-order valence-corrected chi connectivity index (χ0v) is 22.0. The highest BCUT2D eigenvalue weighted by atomic mass is 16.5. The molecule has 1 fully saturated rings. The first kappa shape index (κ1) is 24.3. The Morgan fingerprint density at radius 1 is 0.850 bits per heavy atom. The number of nitrogens with zero attached hydrogens (tertiary/aromatic N) is 6. The summed E-state index contributed by atoms with van der Waals surface area (Å²) >= 11 is 0. The van der Waals surface area contributed by atoms with Gasteiger partial charge in [-0.3, -0.25) is 0 Å². The molecule has 0 amide bonds. The van der Waals surface area contributed by atoms with Crippen molar-refractivity contribution < 1.29 is 9.47 Å². The number of nitrogens with one attached hydrogen (secondary N) is 1. The fourth-order valence-corrected chi connectivity index (χ4v) is 5.14. The second-order valence-electron chi connectivity index (χ2n) is 9.83. The predicted molar refractivity (Wildman–Crippen MR) is 154 cm³/mol. The van der Waals surface area contributed by atoms with Crippen molar-refractivity contribution in [1.82, 2.24) is 24.5 Å². The van der Waals surface area contributed by atoms with Gasteiger partial charge in [0.05, 0.1) is 13.2 Å². The summed E-state index contributed by atoms with van der Waals surface area (Å²) in [6.45, 7) is 4.41. The molecule has 9 nitrogen and oxygen atoms in total. The van der Waals surface area contributed by atoms with Crippen LogP contribution in [-0.2, 0) is 24.3 Å². The zero-order chi connectivity index (χ0) is 26.7. The lowest BCUT2D eigenvalue weighted by Gasteiger charge is -2.31. The van der Waals surface area contributed by atoms with Gasteiger partial charge in [-0.05, 0) is 42.3 Å². The maximum atomic E-state index is 5.89. The summed E-state index contributed by atoms with van der Waals surface area (Å²) < 4.78 is 13.7. The number of benzene rings is 2. The van der Waals surface area contributed by atoms with Crippen molar-refractivity contribution in [3.63, 3.8) is 0 Å². The van der Waals surface area contributed by atoms with Gasteiger partial charge in [0.15, 0.2) is 11.6 Å². The van der Waals surface area contributed by atoms with E-state index in [-0.39, 0.29) is 0 Å². The van der Waals surface area contributed by atoms with Crippen LogP contribution in [0.3, 0.4) is 0 Å². The average Bonchev–Trinajstić information content (AvgIpc) is 3.51. The van der Waals surface area contributed by atoms with E-state index in [0.29, 0.717) is 37.3 Å². The Morgan fingerprint density at radius 3 is 2.55 bits per heavy atom. The number of imidazole rings is 1. The van der Waals surface area contributed by atoms with Crippen molar-refractivity contribution in [3.8, 4) is 28.8 Å². The monoisotopic (exact) mass is 531 g/mol. The average molecular weight is 532 g/mol. The van der Waals surface area contributed by atoms with Crippen LogP contribution in [0.15, 0.2) is 85.2 Å². The van der Waals surface area contributed by atoms with Crippen LogP contribution in [0.5, 0.6) is 5.88 Å². The van der Waals surface area contributed by atoms with E-state index in [4.69, 9.17) is 19.4 Å². The van der Waals surface area contributed by atoms with Crippen LogP contribution in [0.1, 0.15) is 11.1 Å². The number of ether oxygens (including phenoxy) is 2. The molecule has 0 unspecified atom stereocenters. The van der Waals surface area contributed by atoms with Gasteiger partial charge in [0.2, 0.25) is 5.88 Å². The van der Waals surface area contributed by atoms with Crippen LogP contribution in [0.25, 0.3) is 22.9 Å². The Hall–Kier alpha value is -4.76. The normalized spacial score (nSPS) is 14.3. The standard InChI is InChI=1S/C31H29N7O2/c1-2-5-22(6-3-1)21-40-27-8-4-7-26(34-27)33-24-11-9-23(10-12-24)29-35-28-25(13-15-37-16-14-32-31(28)37)30(36-29)38-17-19-39-20-18-38/h1-12,14,16H,13,15,17-21H2,(H,33,34). The van der Waals surface area contributed by atoms with E-state index in [1.165, 1.54) is 5.56 Å². The van der Waals surface area contributed by atoms with E-state index in [0.717, 1.165) is 60.2 Å². The predicted octanol–water partition coefficient (Wildman–Crippen LogP) is 5.12. The van der Waals surface area contributed by atoms with Crippen LogP contribution in [0.2, 0.25) is 0 Å². The Balaban J connectivity index is 1.13. The molecule has 1 N–H and O–H groups in total. The molecule has 0 radical (unpaired) electrons. The van der Waals surface area contributed by atoms with Crippen molar-refractivity contribution >= 4 is 17.3 Å². The molecule has 1 saturated heterocycles. The molecule has 0 bridgehead atoms. The minimum absolute atomic E-state index is 0.472. The second-order valence-corrected chi connectivity index (χ2v) is 9.83. The first-order chi connectivity index (χ1) is 19.8. The summed E-state index contributed by atoms with van der Waals surface area (Å²) in [4.78, 5) is 21.7. The number of pyridine rings is 1. The van der Waals surface area contributed by atoms with Gasteiger partial charge in [0.1, 0.15) is 23.9 Å². The molecule has 5 heterocycles. The Morgan fingerprint density at radius 2 is 1.70 bits per heavy atom. The highest BCUT2D eigenvalue weighted by Gasteiger charge is 2.27. The molecule has 9 heteroatoms. The number of hydrogen-bond donors (Lipinski definition) is 1. The first-order valence-corrected chi connectivity index (χ1v) is 13.6. The number of aryl methyl sites for hydroxylation is 1. The maximum Gasteiger partial charge on any atom is 0.215 e. The number of rotatable bonds is 7. The summed E-state index contributed by atoms with van der Waals surface area (Å²) in [5.74, 6) is 3.87. The van der Waals surface area contributed by atoms with Crippen molar-refractivity contribution in [3.05, 3.63) is 96.3 Å². The van der Waals surface area contributed by atoms with E-state index in [2.05, 4.69) is 24.8 Å². The quantitative estimate of drug-likeness (QED) is 0.310. The Labute approximate surface area is 232 Å². The fourth-order valence-electron chi connectivity index (χ4n) is 5.14. The smallest absolute Gasteiger partial charge is 0.215 e. The molecule has 200 valence electrons. The van der Waals surface area contributed by atoms with Gasteiger partial charge in [0, 0.05) is 54.9 Å². The van der Waals surface area contributed by atoms with Crippen molar-refractivity contribution in [2.24, 2.45) is 0 Å². The molecule has 7 rings (SSSR count). The Kier molecular flexibility index (Phi) is 6.55. The number of fused-ring (bicyclic) bond motifs is 3. The van der Waals surface area contributed by atoms with E-state index in [1.54, 1.807) is 0 Å². The molecule has 2 aromatic carbocycles. The minimum atomic E-state index is 0.472. The number of aromatic nitrogens is 5. The third-order valence-electron chi connectivity index (χ3n) is 7.19. The van der Waals surface area contributed by atoms with Crippen molar-refractivity contribution in [2.45, 2.75) is 19.6 Å². The third kappa shape index (κ3) is 4.99. The second kappa shape index (κ2) is 10.8. The van der Waals surface area contributed by atoms with Gasteiger partial charge in [0.25, 0.3) is 0 Å². The number of anilines is 3. The third-order valence-corrected chi connectivity index (χ3v) is 7.19. The Bertz CT molecular complexity index is 1610. The highest BCUT2D eigenvalue weighted by Crippen LogP contribution is 2.35. The summed E-state index contributed by atoms with van der Waals surface area (Å²) in [7, 11) is 0. The van der Waals surface area contributed by atoms with Crippen LogP contribution < -0.4 is 15.0 Å². The molecule has 0 saturated carbocycles. The van der Waals surface area contributed by atoms with Crippen LogP contribution >= 0.6 is 0 Å². The molecule has 3 aromatic heterocycles. The van der Waals surface area contributed by atoms with E-state index in [1.807, 2.05) is 85.2 Å². The molecule has 0 spiro atoms. The van der Waals surface area contributed by atoms with E-state index >= 15 is 0 Å². The molecular weight excluding hydrogens is 502 g/mol. The van der Waals surface area contributed by atoms with E-state index in [9.17, 15) is 0 Å². The molecule has 0 atom stereocenters. The molecule has 2 aliphatic heterocycles. The lowest BCUT2D eigenvalue weighted by Crippen LogP contribution is -2.38. The lowest BCUT2D eigenvalue weighted by molar-refractivity contribution is 0.122. The van der Waals surface area contributed by atoms with Crippen molar-refractivity contribution in [1.29, 1.82) is 0 Å². The lowest BCUT2D eigenvalue weighted by atomic mass is 10.0. The molecule has 5 aromatic rings. The zero-order valence-electron chi connectivity index (χ0n) is 22.0. The molecule has 2 aliphatic rings. The fraction of sp³-hybridized carbons (Fsp3) is 0.226. The number of hydrogen-bond acceptors (Lipinski definition) is 8. The summed E-state index contributed by atoms with van der Waals surface area (Å²) in [5.41, 5.74) is 5.05. The van der Waals surface area contributed by atoms with Crippen LogP contribution in [-0.4, -0.2) is 50.8 Å². The van der Waals surface area contributed by atoms with Gasteiger partial charge in [-0.1, -0.05) is 36.4 Å². The molecule has 0 aliphatic carbocycles. The minimum Gasteiger partial charge on any atom is -0.473 e. The largest absolute Gasteiger partial charge is 0.473 e. The summed E-state index contributed by atoms with van der Waals surface area (Å²) in [5, 5.41) is 3.38. The van der Waals surface area contributed by atoms with Gasteiger partial charge in [-0.2, -0.15) is 4.98 Å². The summed E-state index contributed by atoms with van der Waals surface area (Å²) in [6, 6.07) is 23.9. The summed E-state index contributed by atoms with van der Waals surface area (Å²) in [6.07, 6.45) is 4.75. The van der Waals surface area contributed by atoms with Crippen molar-refractivity contribution in [2.75, 3.05) is 36.5 Å². The van der Waals surface area contributed by atoms with Gasteiger partial charge in [-0.25, -0.2) is 15.0 Å². The molecular formula is C31H29N7O2. The van der Waals surface area contributed by atoms with E-state index < -0.39 is 0 Å². The van der Waals surface area contributed by atoms with Crippen LogP contribution in [0, 0.1) is 0 Å². The topological polar surface area (TPSA) is 90.2 Å². The van der Waals surface area contributed by atoms with Gasteiger partial charge in [-0.15, -0.1) is 0 Å². The SMILES string of the molecule is c1ccc(COc2cccc(Nc3ccc(-c4nc5c(c(N6CCOCC6)n4)CCn4ccnc4-5)cc3)n2)cc1. The van der Waals surface area contributed by atoms with Crippen LogP contribution in [0.4, 0.5) is 17.3 Å². The maximum absolute atomic E-state index is 5.89. The number of morpholine rings is 1. The van der Waals surface area contributed by atoms with Gasteiger partial charge >= 0.3 is 0 Å². The first-order valence-electron chi connectivity index (χ1n) is 13.6.